The Bertz CT molecular complexity index is 876. The Balaban J connectivity index is 1.56. The summed E-state index contributed by atoms with van der Waals surface area (Å²) in [7, 11) is 0. The van der Waals surface area contributed by atoms with Crippen molar-refractivity contribution in [1.82, 2.24) is 14.7 Å². The lowest BCUT2D eigenvalue weighted by Gasteiger charge is -2.53. The fourth-order valence-corrected chi connectivity index (χ4v) is 9.67. The molecule has 6 aliphatic rings. The molecule has 2 heterocycles. The Hall–Kier alpha value is -1.51. The van der Waals surface area contributed by atoms with Crippen molar-refractivity contribution in [1.29, 1.82) is 0 Å². The maximum absolute atomic E-state index is 15.3. The van der Waals surface area contributed by atoms with Gasteiger partial charge in [-0.3, -0.25) is 4.79 Å². The van der Waals surface area contributed by atoms with E-state index in [1.54, 1.807) is 4.90 Å². The highest BCUT2D eigenvalue weighted by molar-refractivity contribution is 6.06. The molecular formula is C30H50N5O3+. The summed E-state index contributed by atoms with van der Waals surface area (Å²) in [6.07, 6.45) is 20.8. The van der Waals surface area contributed by atoms with Crippen LogP contribution in [0.15, 0.2) is 0 Å². The minimum Gasteiger partial charge on any atom is -0.318 e. The van der Waals surface area contributed by atoms with Crippen molar-refractivity contribution in [2.24, 2.45) is 5.73 Å². The Morgan fingerprint density at radius 2 is 1.03 bits per heavy atom. The van der Waals surface area contributed by atoms with E-state index in [9.17, 15) is 4.79 Å². The number of rotatable bonds is 4. The number of hydrogen-bond acceptors (Lipinski definition) is 5. The lowest BCUT2D eigenvalue weighted by Crippen LogP contribution is -2.83. The second kappa shape index (κ2) is 10.8. The van der Waals surface area contributed by atoms with Gasteiger partial charge in [-0.2, -0.15) is 0 Å². The summed E-state index contributed by atoms with van der Waals surface area (Å²) in [5, 5.41) is 0. The Morgan fingerprint density at radius 3 is 1.45 bits per heavy atom. The van der Waals surface area contributed by atoms with Gasteiger partial charge in [0.15, 0.2) is 0 Å². The smallest absolute Gasteiger partial charge is 0.318 e. The second-order valence-electron chi connectivity index (χ2n) is 13.2. The minimum absolute atomic E-state index is 0.104. The van der Waals surface area contributed by atoms with Crippen molar-refractivity contribution >= 4 is 18.0 Å². The number of nitrogens with two attached hydrogens (primary N) is 1. The minimum atomic E-state index is -1.30. The average Bonchev–Trinajstić information content (AvgIpc) is 3.45. The number of hydrogen-bond donors (Lipinski definition) is 1. The summed E-state index contributed by atoms with van der Waals surface area (Å²) in [6.45, 7) is 1.50. The van der Waals surface area contributed by atoms with E-state index in [1.807, 2.05) is 0 Å². The molecule has 1 spiro atoms. The van der Waals surface area contributed by atoms with Gasteiger partial charge in [0.2, 0.25) is 0 Å². The third kappa shape index (κ3) is 3.83. The Kier molecular flexibility index (Phi) is 7.60. The van der Waals surface area contributed by atoms with E-state index in [0.29, 0.717) is 0 Å². The van der Waals surface area contributed by atoms with Crippen LogP contribution in [0.5, 0.6) is 0 Å². The van der Waals surface area contributed by atoms with Gasteiger partial charge < -0.3 is 5.73 Å². The van der Waals surface area contributed by atoms with Gasteiger partial charge in [0.05, 0.1) is 0 Å². The number of primary amides is 1. The standard InChI is InChI=1S/C30H49N5O3/c31-28(37)35(26-19-11-4-12-20-26)29(38)34(25-17-9-3-10-18-25)27(36)30(35)32(23-13-5-1-6-14-23)21-22-33(30)24-15-7-2-8-16-24/h23-26H,1-22H2,(H-,31,37)/p+1. The highest BCUT2D eigenvalue weighted by Gasteiger charge is 2.84. The van der Waals surface area contributed by atoms with Crippen molar-refractivity contribution in [3.63, 3.8) is 0 Å². The van der Waals surface area contributed by atoms with Crippen LogP contribution in [-0.2, 0) is 4.79 Å². The van der Waals surface area contributed by atoms with Crippen molar-refractivity contribution in [2.45, 2.75) is 158 Å². The van der Waals surface area contributed by atoms with E-state index < -0.39 is 16.3 Å². The van der Waals surface area contributed by atoms with Crippen molar-refractivity contribution in [3.8, 4) is 0 Å². The molecule has 0 aromatic heterocycles. The summed E-state index contributed by atoms with van der Waals surface area (Å²) in [5.74, 6) is -1.40. The predicted molar refractivity (Wildman–Crippen MR) is 146 cm³/mol. The monoisotopic (exact) mass is 528 g/mol. The first-order valence-corrected chi connectivity index (χ1v) is 16.1. The average molecular weight is 529 g/mol. The van der Waals surface area contributed by atoms with E-state index >= 15 is 9.59 Å². The lowest BCUT2D eigenvalue weighted by atomic mass is 9.88. The third-order valence-electron chi connectivity index (χ3n) is 11.3. The molecule has 0 radical (unpaired) electrons. The molecule has 8 nitrogen and oxygen atoms in total. The molecule has 6 rings (SSSR count). The van der Waals surface area contributed by atoms with Gasteiger partial charge in [-0.1, -0.05) is 64.2 Å². The number of carbonyl (C=O) groups excluding carboxylic acids is 3. The molecule has 2 N–H and O–H groups in total. The first kappa shape index (κ1) is 26.7. The maximum atomic E-state index is 15.3. The topological polar surface area (TPSA) is 86.9 Å². The van der Waals surface area contributed by atoms with Crippen LogP contribution in [0.3, 0.4) is 0 Å². The molecule has 0 bridgehead atoms. The van der Waals surface area contributed by atoms with Crippen molar-refractivity contribution < 1.29 is 18.9 Å². The number of nitrogens with zero attached hydrogens (tertiary/aromatic N) is 4. The molecule has 0 aromatic carbocycles. The first-order valence-electron chi connectivity index (χ1n) is 16.1. The zero-order chi connectivity index (χ0) is 26.3. The molecule has 2 aliphatic heterocycles. The van der Waals surface area contributed by atoms with Gasteiger partial charge >= 0.3 is 23.8 Å². The van der Waals surface area contributed by atoms with Gasteiger partial charge in [0, 0.05) is 44.1 Å². The molecule has 0 aromatic rings. The van der Waals surface area contributed by atoms with Gasteiger partial charge in [0.25, 0.3) is 0 Å². The molecule has 4 aliphatic carbocycles. The molecule has 8 heteroatoms. The van der Waals surface area contributed by atoms with Crippen LogP contribution in [0.4, 0.5) is 9.59 Å². The SMILES string of the molecule is NC(=O)[N+]1(C2CCCCC2)C(=O)N(C2CCCCC2)C(=O)C12N(C1CCCCC1)CCN2C1CCCCC1. The fourth-order valence-electron chi connectivity index (χ4n) is 9.67. The largest absolute Gasteiger partial charge is 0.438 e. The normalized spacial score (nSPS) is 33.5. The quantitative estimate of drug-likeness (QED) is 0.387. The number of imide groups is 2. The summed E-state index contributed by atoms with van der Waals surface area (Å²) in [5.41, 5.74) is 6.53. The predicted octanol–water partition coefficient (Wildman–Crippen LogP) is 5.45. The number of urea groups is 2. The summed E-state index contributed by atoms with van der Waals surface area (Å²) >= 11 is 0. The van der Waals surface area contributed by atoms with Crippen LogP contribution in [0, 0.1) is 0 Å². The maximum Gasteiger partial charge on any atom is 0.438 e. The Labute approximate surface area is 228 Å². The van der Waals surface area contributed by atoms with Gasteiger partial charge in [0.1, 0.15) is 6.04 Å². The zero-order valence-electron chi connectivity index (χ0n) is 23.5. The van der Waals surface area contributed by atoms with Crippen LogP contribution in [0.1, 0.15) is 128 Å². The highest BCUT2D eigenvalue weighted by atomic mass is 16.2. The first-order chi connectivity index (χ1) is 18.5. The zero-order valence-corrected chi connectivity index (χ0v) is 23.5. The molecule has 212 valence electrons. The van der Waals surface area contributed by atoms with E-state index in [4.69, 9.17) is 5.73 Å². The van der Waals surface area contributed by atoms with Crippen LogP contribution in [0.25, 0.3) is 0 Å². The van der Waals surface area contributed by atoms with E-state index in [0.717, 1.165) is 129 Å². The fraction of sp³-hybridized carbons (Fsp3) is 0.900. The van der Waals surface area contributed by atoms with E-state index in [1.165, 1.54) is 12.8 Å². The van der Waals surface area contributed by atoms with Gasteiger partial charge in [-0.05, 0) is 51.4 Å². The van der Waals surface area contributed by atoms with Crippen molar-refractivity contribution in [2.75, 3.05) is 13.1 Å². The van der Waals surface area contributed by atoms with Crippen LogP contribution < -0.4 is 5.73 Å². The lowest BCUT2D eigenvalue weighted by molar-refractivity contribution is -0.865. The molecule has 38 heavy (non-hydrogen) atoms. The summed E-state index contributed by atoms with van der Waals surface area (Å²) in [4.78, 5) is 50.9. The highest BCUT2D eigenvalue weighted by Crippen LogP contribution is 2.53. The van der Waals surface area contributed by atoms with Crippen LogP contribution in [-0.4, -0.2) is 80.2 Å². The number of quaternary nitrogens is 1. The Morgan fingerprint density at radius 1 is 0.632 bits per heavy atom. The van der Waals surface area contributed by atoms with Gasteiger partial charge in [-0.15, -0.1) is 4.48 Å². The molecule has 4 saturated carbocycles. The van der Waals surface area contributed by atoms with Crippen molar-refractivity contribution in [3.05, 3.63) is 0 Å². The molecule has 6 fully saturated rings. The summed E-state index contributed by atoms with van der Waals surface area (Å²) < 4.78 is -0.477. The molecule has 1 unspecified atom stereocenters. The molecule has 2 saturated heterocycles. The van der Waals surface area contributed by atoms with Crippen LogP contribution >= 0.6 is 0 Å². The third-order valence-corrected chi connectivity index (χ3v) is 11.3. The van der Waals surface area contributed by atoms with Crippen LogP contribution in [0.2, 0.25) is 0 Å². The molecular weight excluding hydrogens is 478 g/mol. The second-order valence-corrected chi connectivity index (χ2v) is 13.2. The number of carbonyl (C=O) groups is 3. The number of amides is 5. The molecule has 5 amide bonds. The molecule has 1 atom stereocenters. The summed E-state index contributed by atoms with van der Waals surface area (Å²) in [6, 6.07) is -0.754. The van der Waals surface area contributed by atoms with E-state index in [2.05, 4.69) is 9.80 Å². The van der Waals surface area contributed by atoms with Gasteiger partial charge in [-0.25, -0.2) is 24.3 Å². The van der Waals surface area contributed by atoms with E-state index in [-0.39, 0.29) is 36.1 Å².